The third-order valence-electron chi connectivity index (χ3n) is 1.62. The molecule has 2 aromatic rings. The van der Waals surface area contributed by atoms with Crippen LogP contribution >= 0.6 is 11.3 Å². The maximum atomic E-state index is 13.0. The molecule has 0 aliphatic heterocycles. The summed E-state index contributed by atoms with van der Waals surface area (Å²) in [5, 5.41) is 8.43. The molecule has 14 heavy (non-hydrogen) atoms. The highest BCUT2D eigenvalue weighted by Gasteiger charge is 2.16. The van der Waals surface area contributed by atoms with Crippen molar-refractivity contribution in [3.63, 3.8) is 0 Å². The molecule has 1 heterocycles. The zero-order valence-electron chi connectivity index (χ0n) is 6.51. The predicted molar refractivity (Wildman–Crippen MR) is 44.2 cm³/mol. The molecule has 6 heteroatoms. The minimum absolute atomic E-state index is 0.0242. The van der Waals surface area contributed by atoms with Crippen molar-refractivity contribution in [1.82, 2.24) is 4.98 Å². The van der Waals surface area contributed by atoms with Gasteiger partial charge < -0.3 is 0 Å². The van der Waals surface area contributed by atoms with Crippen molar-refractivity contribution in [2.75, 3.05) is 0 Å². The van der Waals surface area contributed by atoms with Gasteiger partial charge in [0.2, 0.25) is 0 Å². The monoisotopic (exact) mass is 214 g/mol. The lowest BCUT2D eigenvalue weighted by atomic mass is 10.3. The van der Waals surface area contributed by atoms with Gasteiger partial charge in [-0.25, -0.2) is 18.2 Å². The van der Waals surface area contributed by atoms with Crippen molar-refractivity contribution in [3.05, 3.63) is 28.5 Å². The Morgan fingerprint density at radius 1 is 1.29 bits per heavy atom. The molecule has 0 radical (unpaired) electrons. The summed E-state index contributed by atoms with van der Waals surface area (Å²) < 4.78 is 38.6. The first kappa shape index (κ1) is 8.97. The fourth-order valence-corrected chi connectivity index (χ4v) is 1.81. The molecule has 0 N–H and O–H groups in total. The largest absolute Gasteiger partial charge is 0.223 e. The van der Waals surface area contributed by atoms with Crippen molar-refractivity contribution in [3.8, 4) is 6.07 Å². The van der Waals surface area contributed by atoms with Gasteiger partial charge in [0.25, 0.3) is 0 Å². The van der Waals surface area contributed by atoms with Crippen LogP contribution < -0.4 is 0 Å². The van der Waals surface area contributed by atoms with Crippen LogP contribution in [0.15, 0.2) is 6.07 Å². The molecule has 0 unspecified atom stereocenters. The summed E-state index contributed by atoms with van der Waals surface area (Å²) in [6.45, 7) is 0. The third kappa shape index (κ3) is 1.14. The van der Waals surface area contributed by atoms with Crippen LogP contribution in [0.1, 0.15) is 5.01 Å². The molecule has 0 saturated carbocycles. The van der Waals surface area contributed by atoms with Gasteiger partial charge in [-0.15, -0.1) is 11.3 Å². The van der Waals surface area contributed by atoms with E-state index in [-0.39, 0.29) is 15.2 Å². The summed E-state index contributed by atoms with van der Waals surface area (Å²) in [5.41, 5.74) is -0.301. The molecular formula is C8HF3N2S. The standard InChI is InChI=1S/C8HF3N2S/c9-3-1-4-8(7(11)6(3)10)13-5(2-12)14-4/h1H. The van der Waals surface area contributed by atoms with E-state index in [1.54, 1.807) is 6.07 Å². The van der Waals surface area contributed by atoms with Gasteiger partial charge in [0, 0.05) is 0 Å². The topological polar surface area (TPSA) is 36.7 Å². The summed E-state index contributed by atoms with van der Waals surface area (Å²) in [5.74, 6) is -4.19. The molecule has 2 rings (SSSR count). The fraction of sp³-hybridized carbons (Fsp3) is 0. The molecule has 1 aromatic heterocycles. The predicted octanol–water partition coefficient (Wildman–Crippen LogP) is 2.59. The summed E-state index contributed by atoms with van der Waals surface area (Å²) in [4.78, 5) is 3.51. The van der Waals surface area contributed by atoms with Gasteiger partial charge in [-0.05, 0) is 6.07 Å². The van der Waals surface area contributed by atoms with Crippen LogP contribution in [0.3, 0.4) is 0 Å². The Balaban J connectivity index is 2.89. The molecule has 1 aromatic carbocycles. The third-order valence-corrected chi connectivity index (χ3v) is 2.52. The van der Waals surface area contributed by atoms with Crippen molar-refractivity contribution < 1.29 is 13.2 Å². The average Bonchev–Trinajstić information content (AvgIpc) is 2.57. The van der Waals surface area contributed by atoms with E-state index in [2.05, 4.69) is 4.98 Å². The van der Waals surface area contributed by atoms with Gasteiger partial charge in [-0.2, -0.15) is 5.26 Å². The summed E-state index contributed by atoms with van der Waals surface area (Å²) in [7, 11) is 0. The number of aromatic nitrogens is 1. The molecular weight excluding hydrogens is 213 g/mol. The van der Waals surface area contributed by atoms with Gasteiger partial charge >= 0.3 is 0 Å². The normalized spacial score (nSPS) is 10.4. The number of thiazole rings is 1. The zero-order chi connectivity index (χ0) is 10.3. The van der Waals surface area contributed by atoms with E-state index in [4.69, 9.17) is 5.26 Å². The van der Waals surface area contributed by atoms with Gasteiger partial charge in [0.1, 0.15) is 11.6 Å². The Labute approximate surface area is 80.2 Å². The lowest BCUT2D eigenvalue weighted by Gasteiger charge is -1.94. The number of nitrogens with zero attached hydrogens (tertiary/aromatic N) is 2. The Bertz CT molecular complexity index is 556. The average molecular weight is 214 g/mol. The van der Waals surface area contributed by atoms with Crippen LogP contribution in [0.2, 0.25) is 0 Å². The van der Waals surface area contributed by atoms with E-state index in [9.17, 15) is 13.2 Å². The van der Waals surface area contributed by atoms with E-state index in [0.29, 0.717) is 0 Å². The number of hydrogen-bond acceptors (Lipinski definition) is 3. The second kappa shape index (κ2) is 2.96. The molecule has 70 valence electrons. The maximum Gasteiger partial charge on any atom is 0.196 e. The van der Waals surface area contributed by atoms with Crippen LogP contribution in [0.5, 0.6) is 0 Å². The van der Waals surface area contributed by atoms with E-state index in [1.165, 1.54) is 0 Å². The smallest absolute Gasteiger partial charge is 0.196 e. The summed E-state index contributed by atoms with van der Waals surface area (Å²) in [6, 6.07) is 2.50. The second-order valence-electron chi connectivity index (χ2n) is 2.46. The number of benzene rings is 1. The maximum absolute atomic E-state index is 13.0. The minimum atomic E-state index is -1.56. The molecule has 0 aliphatic rings. The highest BCUT2D eigenvalue weighted by atomic mass is 32.1. The lowest BCUT2D eigenvalue weighted by molar-refractivity contribution is 0.453. The molecule has 0 fully saturated rings. The molecule has 0 aliphatic carbocycles. The van der Waals surface area contributed by atoms with Crippen LogP contribution in [0, 0.1) is 28.8 Å². The van der Waals surface area contributed by atoms with Crippen LogP contribution in [-0.2, 0) is 0 Å². The van der Waals surface area contributed by atoms with Crippen LogP contribution in [0.4, 0.5) is 13.2 Å². The number of rotatable bonds is 0. The number of hydrogen-bond donors (Lipinski definition) is 0. The SMILES string of the molecule is N#Cc1nc2c(F)c(F)c(F)cc2s1. The Morgan fingerprint density at radius 2 is 2.00 bits per heavy atom. The van der Waals surface area contributed by atoms with Gasteiger partial charge in [-0.3, -0.25) is 0 Å². The van der Waals surface area contributed by atoms with E-state index >= 15 is 0 Å². The molecule has 0 spiro atoms. The zero-order valence-corrected chi connectivity index (χ0v) is 7.33. The molecule has 0 bridgehead atoms. The van der Waals surface area contributed by atoms with Crippen LogP contribution in [0.25, 0.3) is 10.2 Å². The van der Waals surface area contributed by atoms with Crippen LogP contribution in [-0.4, -0.2) is 4.98 Å². The van der Waals surface area contributed by atoms with Gasteiger partial charge in [-0.1, -0.05) is 0 Å². The molecule has 0 atom stereocenters. The minimum Gasteiger partial charge on any atom is -0.223 e. The molecule has 0 saturated heterocycles. The summed E-state index contributed by atoms with van der Waals surface area (Å²) in [6.07, 6.45) is 0. The summed E-state index contributed by atoms with van der Waals surface area (Å²) >= 11 is 0.815. The first-order chi connectivity index (χ1) is 6.63. The Hall–Kier alpha value is -1.61. The van der Waals surface area contributed by atoms with E-state index in [1.807, 2.05) is 0 Å². The van der Waals surface area contributed by atoms with Gasteiger partial charge in [0.05, 0.1) is 4.70 Å². The fourth-order valence-electron chi connectivity index (χ4n) is 1.02. The highest BCUT2D eigenvalue weighted by molar-refractivity contribution is 7.19. The lowest BCUT2D eigenvalue weighted by Crippen LogP contribution is -1.90. The van der Waals surface area contributed by atoms with E-state index in [0.717, 1.165) is 17.4 Å². The van der Waals surface area contributed by atoms with Crippen molar-refractivity contribution >= 4 is 21.6 Å². The first-order valence-electron chi connectivity index (χ1n) is 3.47. The first-order valence-corrected chi connectivity index (χ1v) is 4.29. The second-order valence-corrected chi connectivity index (χ2v) is 3.49. The number of halogens is 3. The molecule has 0 amide bonds. The quantitative estimate of drug-likeness (QED) is 0.632. The Morgan fingerprint density at radius 3 is 2.64 bits per heavy atom. The van der Waals surface area contributed by atoms with Crippen molar-refractivity contribution in [2.45, 2.75) is 0 Å². The Kier molecular flexibility index (Phi) is 1.89. The van der Waals surface area contributed by atoms with Crippen molar-refractivity contribution in [1.29, 1.82) is 5.26 Å². The van der Waals surface area contributed by atoms with Crippen molar-refractivity contribution in [2.24, 2.45) is 0 Å². The van der Waals surface area contributed by atoms with E-state index < -0.39 is 17.5 Å². The number of nitriles is 1. The van der Waals surface area contributed by atoms with Gasteiger partial charge in [0.15, 0.2) is 22.5 Å². The number of fused-ring (bicyclic) bond motifs is 1. The highest BCUT2D eigenvalue weighted by Crippen LogP contribution is 2.27. The molecule has 2 nitrogen and oxygen atoms in total.